The summed E-state index contributed by atoms with van der Waals surface area (Å²) >= 11 is 0. The van der Waals surface area contributed by atoms with Crippen LogP contribution in [-0.2, 0) is 5.41 Å². The predicted molar refractivity (Wildman–Crippen MR) is 102 cm³/mol. The first-order chi connectivity index (χ1) is 11.8. The Bertz CT molecular complexity index is 827. The van der Waals surface area contributed by atoms with Crippen molar-refractivity contribution in [2.45, 2.75) is 18.8 Å². The van der Waals surface area contributed by atoms with Gasteiger partial charge in [0.05, 0.1) is 0 Å². The van der Waals surface area contributed by atoms with Crippen LogP contribution >= 0.6 is 0 Å². The quantitative estimate of drug-likeness (QED) is 0.662. The molecule has 4 rings (SSSR count). The van der Waals surface area contributed by atoms with E-state index >= 15 is 0 Å². The van der Waals surface area contributed by atoms with Gasteiger partial charge in [-0.3, -0.25) is 0 Å². The third kappa shape index (κ3) is 2.65. The van der Waals surface area contributed by atoms with Crippen LogP contribution in [0.25, 0.3) is 0 Å². The highest BCUT2D eigenvalue weighted by Crippen LogP contribution is 2.43. The number of fused-ring (bicyclic) bond motifs is 1. The number of anilines is 3. The number of rotatable bonds is 3. The molecule has 0 radical (unpaired) electrons. The van der Waals surface area contributed by atoms with E-state index in [4.69, 9.17) is 0 Å². The predicted octanol–water partition coefficient (Wildman–Crippen LogP) is 5.55. The summed E-state index contributed by atoms with van der Waals surface area (Å²) in [5, 5.41) is 7.07. The fourth-order valence-corrected chi connectivity index (χ4v) is 3.61. The van der Waals surface area contributed by atoms with Gasteiger partial charge in [-0.25, -0.2) is 0 Å². The molecule has 1 aliphatic rings. The molecule has 120 valence electrons. The third-order valence-corrected chi connectivity index (χ3v) is 5.03. The fourth-order valence-electron chi connectivity index (χ4n) is 3.61. The maximum absolute atomic E-state index is 3.55. The molecule has 0 aromatic heterocycles. The van der Waals surface area contributed by atoms with Crippen LogP contribution in [0.4, 0.5) is 17.1 Å². The molecular formula is C22H22N2. The van der Waals surface area contributed by atoms with Gasteiger partial charge in [0.1, 0.15) is 0 Å². The van der Waals surface area contributed by atoms with Gasteiger partial charge in [-0.15, -0.1) is 0 Å². The van der Waals surface area contributed by atoms with Crippen LogP contribution in [-0.4, -0.2) is 6.54 Å². The first-order valence-electron chi connectivity index (χ1n) is 8.52. The zero-order valence-corrected chi connectivity index (χ0v) is 13.9. The lowest BCUT2D eigenvalue weighted by molar-refractivity contribution is 0.522. The second-order valence-corrected chi connectivity index (χ2v) is 6.63. The van der Waals surface area contributed by atoms with Crippen molar-refractivity contribution < 1.29 is 0 Å². The number of para-hydroxylation sites is 1. The van der Waals surface area contributed by atoms with Gasteiger partial charge < -0.3 is 10.6 Å². The van der Waals surface area contributed by atoms with Crippen molar-refractivity contribution in [1.29, 1.82) is 0 Å². The Morgan fingerprint density at radius 2 is 1.54 bits per heavy atom. The van der Waals surface area contributed by atoms with Crippen LogP contribution in [0.3, 0.4) is 0 Å². The Morgan fingerprint density at radius 3 is 2.29 bits per heavy atom. The summed E-state index contributed by atoms with van der Waals surface area (Å²) in [7, 11) is 0. The minimum atomic E-state index is 0.0379. The molecule has 3 aromatic carbocycles. The van der Waals surface area contributed by atoms with E-state index in [0.29, 0.717) is 0 Å². The number of nitrogens with one attached hydrogen (secondary N) is 2. The SMILES string of the molecule is CC1(c2ccccc2)CCNc2ccc(Nc3ccccc3)cc21. The highest BCUT2D eigenvalue weighted by Gasteiger charge is 2.33. The van der Waals surface area contributed by atoms with Crippen LogP contribution in [0.15, 0.2) is 78.9 Å². The average Bonchev–Trinajstić information content (AvgIpc) is 2.64. The minimum absolute atomic E-state index is 0.0379. The lowest BCUT2D eigenvalue weighted by atomic mass is 9.71. The zero-order chi connectivity index (χ0) is 16.4. The molecule has 2 heteroatoms. The summed E-state index contributed by atoms with van der Waals surface area (Å²) in [5.41, 5.74) is 6.26. The molecule has 0 bridgehead atoms. The summed E-state index contributed by atoms with van der Waals surface area (Å²) in [5.74, 6) is 0. The van der Waals surface area contributed by atoms with Gasteiger partial charge in [-0.1, -0.05) is 55.5 Å². The lowest BCUT2D eigenvalue weighted by Crippen LogP contribution is -2.32. The molecule has 1 atom stereocenters. The van der Waals surface area contributed by atoms with E-state index < -0.39 is 0 Å². The van der Waals surface area contributed by atoms with Crippen molar-refractivity contribution in [1.82, 2.24) is 0 Å². The Balaban J connectivity index is 1.75. The van der Waals surface area contributed by atoms with E-state index in [9.17, 15) is 0 Å². The lowest BCUT2D eigenvalue weighted by Gasteiger charge is -2.37. The summed E-state index contributed by atoms with van der Waals surface area (Å²) in [6.45, 7) is 3.36. The van der Waals surface area contributed by atoms with Crippen molar-refractivity contribution in [3.63, 3.8) is 0 Å². The first kappa shape index (κ1) is 14.8. The van der Waals surface area contributed by atoms with Crippen LogP contribution < -0.4 is 10.6 Å². The van der Waals surface area contributed by atoms with Crippen molar-refractivity contribution in [3.8, 4) is 0 Å². The summed E-state index contributed by atoms with van der Waals surface area (Å²) in [4.78, 5) is 0. The molecule has 1 unspecified atom stereocenters. The molecular weight excluding hydrogens is 292 g/mol. The molecule has 0 amide bonds. The van der Waals surface area contributed by atoms with E-state index in [-0.39, 0.29) is 5.41 Å². The largest absolute Gasteiger partial charge is 0.385 e. The molecule has 0 fully saturated rings. The molecule has 2 N–H and O–H groups in total. The fraction of sp³-hybridized carbons (Fsp3) is 0.182. The van der Waals surface area contributed by atoms with Gasteiger partial charge in [0.15, 0.2) is 0 Å². The van der Waals surface area contributed by atoms with Gasteiger partial charge >= 0.3 is 0 Å². The molecule has 0 saturated heterocycles. The molecule has 1 aliphatic heterocycles. The smallest absolute Gasteiger partial charge is 0.0388 e. The third-order valence-electron chi connectivity index (χ3n) is 5.03. The molecule has 0 aliphatic carbocycles. The Morgan fingerprint density at radius 1 is 0.833 bits per heavy atom. The second kappa shape index (κ2) is 6.04. The maximum atomic E-state index is 3.55. The van der Waals surface area contributed by atoms with Crippen molar-refractivity contribution in [2.24, 2.45) is 0 Å². The maximum Gasteiger partial charge on any atom is 0.0388 e. The second-order valence-electron chi connectivity index (χ2n) is 6.63. The molecule has 2 nitrogen and oxygen atoms in total. The van der Waals surface area contributed by atoms with E-state index in [0.717, 1.165) is 24.3 Å². The van der Waals surface area contributed by atoms with Crippen LogP contribution in [0, 0.1) is 0 Å². The van der Waals surface area contributed by atoms with Gasteiger partial charge in [0, 0.05) is 29.0 Å². The van der Waals surface area contributed by atoms with Gasteiger partial charge in [-0.2, -0.15) is 0 Å². The normalized spacial score (nSPS) is 19.2. The molecule has 24 heavy (non-hydrogen) atoms. The Kier molecular flexibility index (Phi) is 3.73. The highest BCUT2D eigenvalue weighted by molar-refractivity contribution is 5.69. The molecule has 1 heterocycles. The van der Waals surface area contributed by atoms with E-state index in [1.165, 1.54) is 16.8 Å². The summed E-state index contributed by atoms with van der Waals surface area (Å²) in [6, 6.07) is 27.8. The topological polar surface area (TPSA) is 24.1 Å². The van der Waals surface area contributed by atoms with Crippen LogP contribution in [0.5, 0.6) is 0 Å². The number of hydrogen-bond acceptors (Lipinski definition) is 2. The standard InChI is InChI=1S/C22H22N2/c1-22(17-8-4-2-5-9-17)14-15-23-21-13-12-19(16-20(21)22)24-18-10-6-3-7-11-18/h2-13,16,23-24H,14-15H2,1H3. The van der Waals surface area contributed by atoms with E-state index in [1.54, 1.807) is 0 Å². The first-order valence-corrected chi connectivity index (χ1v) is 8.52. The Labute approximate surface area is 143 Å². The summed E-state index contributed by atoms with van der Waals surface area (Å²) in [6.07, 6.45) is 1.10. The monoisotopic (exact) mass is 314 g/mol. The zero-order valence-electron chi connectivity index (χ0n) is 13.9. The van der Waals surface area contributed by atoms with Crippen LogP contribution in [0.1, 0.15) is 24.5 Å². The molecule has 3 aromatic rings. The van der Waals surface area contributed by atoms with Crippen molar-refractivity contribution >= 4 is 17.1 Å². The van der Waals surface area contributed by atoms with Gasteiger partial charge in [0.25, 0.3) is 0 Å². The highest BCUT2D eigenvalue weighted by atomic mass is 14.9. The number of benzene rings is 3. The van der Waals surface area contributed by atoms with Crippen molar-refractivity contribution in [2.75, 3.05) is 17.2 Å². The van der Waals surface area contributed by atoms with Crippen LogP contribution in [0.2, 0.25) is 0 Å². The number of hydrogen-bond donors (Lipinski definition) is 2. The van der Waals surface area contributed by atoms with E-state index in [1.807, 2.05) is 6.07 Å². The minimum Gasteiger partial charge on any atom is -0.385 e. The van der Waals surface area contributed by atoms with Crippen molar-refractivity contribution in [3.05, 3.63) is 90.0 Å². The van der Waals surface area contributed by atoms with E-state index in [2.05, 4.69) is 90.4 Å². The average molecular weight is 314 g/mol. The van der Waals surface area contributed by atoms with Gasteiger partial charge in [-0.05, 0) is 47.9 Å². The molecule has 0 saturated carbocycles. The molecule has 0 spiro atoms. The summed E-state index contributed by atoms with van der Waals surface area (Å²) < 4.78 is 0. The Hall–Kier alpha value is -2.74. The van der Waals surface area contributed by atoms with Gasteiger partial charge in [0.2, 0.25) is 0 Å².